The van der Waals surface area contributed by atoms with E-state index >= 15 is 0 Å². The van der Waals surface area contributed by atoms with E-state index in [-0.39, 0.29) is 0 Å². The van der Waals surface area contributed by atoms with Crippen LogP contribution in [-0.2, 0) is 5.72 Å². The third-order valence-corrected chi connectivity index (χ3v) is 2.63. The van der Waals surface area contributed by atoms with Crippen LogP contribution in [0.1, 0.15) is 12.5 Å². The number of hydrogen-bond acceptors (Lipinski definition) is 1. The summed E-state index contributed by atoms with van der Waals surface area (Å²) in [6.07, 6.45) is 0. The lowest BCUT2D eigenvalue weighted by molar-refractivity contribution is -0.957. The van der Waals surface area contributed by atoms with Gasteiger partial charge in [-0.15, -0.1) is 0 Å². The molecule has 0 fully saturated rings. The molecule has 0 heterocycles. The van der Waals surface area contributed by atoms with Gasteiger partial charge in [-0.3, -0.25) is 4.48 Å². The van der Waals surface area contributed by atoms with E-state index in [1.54, 1.807) is 0 Å². The van der Waals surface area contributed by atoms with Crippen molar-refractivity contribution in [1.29, 1.82) is 0 Å². The van der Waals surface area contributed by atoms with Crippen LogP contribution in [0.4, 0.5) is 0 Å². The Morgan fingerprint density at radius 2 is 1.54 bits per heavy atom. The second kappa shape index (κ2) is 3.13. The molecule has 0 bridgehead atoms. The highest BCUT2D eigenvalue weighted by atomic mass is 16.3. The molecule has 1 rings (SSSR count). The lowest BCUT2D eigenvalue weighted by atomic mass is 10.0. The zero-order valence-corrected chi connectivity index (χ0v) is 8.78. The van der Waals surface area contributed by atoms with Crippen LogP contribution in [0.25, 0.3) is 0 Å². The first-order valence-electron chi connectivity index (χ1n) is 4.45. The zero-order chi connectivity index (χ0) is 10.1. The van der Waals surface area contributed by atoms with Crippen molar-refractivity contribution in [3.63, 3.8) is 0 Å². The quantitative estimate of drug-likeness (QED) is 0.541. The van der Waals surface area contributed by atoms with E-state index in [4.69, 9.17) is 0 Å². The van der Waals surface area contributed by atoms with Gasteiger partial charge in [-0.2, -0.15) is 0 Å². The first-order chi connectivity index (χ1) is 5.86. The van der Waals surface area contributed by atoms with Crippen molar-refractivity contribution in [2.75, 3.05) is 21.1 Å². The smallest absolute Gasteiger partial charge is 0.224 e. The van der Waals surface area contributed by atoms with Crippen LogP contribution in [0.2, 0.25) is 0 Å². The third kappa shape index (κ3) is 1.90. The van der Waals surface area contributed by atoms with Crippen molar-refractivity contribution in [1.82, 2.24) is 0 Å². The van der Waals surface area contributed by atoms with Gasteiger partial charge in [-0.1, -0.05) is 30.3 Å². The predicted octanol–water partition coefficient (Wildman–Crippen LogP) is 1.56. The molecule has 1 unspecified atom stereocenters. The summed E-state index contributed by atoms with van der Waals surface area (Å²) in [7, 11) is 5.94. The highest BCUT2D eigenvalue weighted by molar-refractivity contribution is 5.18. The maximum atomic E-state index is 10.3. The Balaban J connectivity index is 3.08. The van der Waals surface area contributed by atoms with Crippen LogP contribution >= 0.6 is 0 Å². The molecule has 0 aromatic heterocycles. The fourth-order valence-electron chi connectivity index (χ4n) is 1.14. The van der Waals surface area contributed by atoms with E-state index in [1.807, 2.05) is 58.4 Å². The van der Waals surface area contributed by atoms with Gasteiger partial charge in [0, 0.05) is 12.5 Å². The Morgan fingerprint density at radius 3 is 1.92 bits per heavy atom. The van der Waals surface area contributed by atoms with Gasteiger partial charge in [0.15, 0.2) is 0 Å². The van der Waals surface area contributed by atoms with Crippen molar-refractivity contribution >= 4 is 0 Å². The van der Waals surface area contributed by atoms with Gasteiger partial charge in [0.2, 0.25) is 5.72 Å². The zero-order valence-electron chi connectivity index (χ0n) is 8.78. The minimum absolute atomic E-state index is 0.497. The summed E-state index contributed by atoms with van der Waals surface area (Å²) in [4.78, 5) is 0. The van der Waals surface area contributed by atoms with E-state index in [9.17, 15) is 5.11 Å². The average molecular weight is 180 g/mol. The molecule has 1 atom stereocenters. The monoisotopic (exact) mass is 180 g/mol. The molecule has 1 N–H and O–H groups in total. The van der Waals surface area contributed by atoms with Crippen molar-refractivity contribution in [3.05, 3.63) is 35.9 Å². The normalized spacial score (nSPS) is 16.7. The molecule has 0 saturated carbocycles. The largest absolute Gasteiger partial charge is 0.339 e. The van der Waals surface area contributed by atoms with E-state index in [0.717, 1.165) is 5.56 Å². The highest BCUT2D eigenvalue weighted by Crippen LogP contribution is 2.26. The van der Waals surface area contributed by atoms with Gasteiger partial charge < -0.3 is 5.11 Å². The van der Waals surface area contributed by atoms with Gasteiger partial charge in [-0.05, 0) is 0 Å². The molecule has 1 aromatic carbocycles. The molecule has 72 valence electrons. The standard InChI is InChI=1S/C11H18NO/c1-11(13,12(2,3)4)10-8-6-5-7-9-10/h5-9,13H,1-4H3/q+1. The van der Waals surface area contributed by atoms with Crippen LogP contribution in [0.15, 0.2) is 30.3 Å². The van der Waals surface area contributed by atoms with Gasteiger partial charge >= 0.3 is 0 Å². The Labute approximate surface area is 80.0 Å². The second-order valence-corrected chi connectivity index (χ2v) is 4.40. The Morgan fingerprint density at radius 1 is 1.08 bits per heavy atom. The van der Waals surface area contributed by atoms with Crippen LogP contribution in [0.3, 0.4) is 0 Å². The van der Waals surface area contributed by atoms with E-state index in [1.165, 1.54) is 0 Å². The van der Waals surface area contributed by atoms with Crippen LogP contribution in [0.5, 0.6) is 0 Å². The van der Waals surface area contributed by atoms with Crippen LogP contribution in [0, 0.1) is 0 Å². The molecular weight excluding hydrogens is 162 g/mol. The lowest BCUT2D eigenvalue weighted by Gasteiger charge is -2.39. The predicted molar refractivity (Wildman–Crippen MR) is 54.0 cm³/mol. The topological polar surface area (TPSA) is 20.2 Å². The molecule has 1 aromatic rings. The van der Waals surface area contributed by atoms with Gasteiger partial charge in [0.05, 0.1) is 21.1 Å². The van der Waals surface area contributed by atoms with Gasteiger partial charge in [0.1, 0.15) is 0 Å². The van der Waals surface area contributed by atoms with Crippen molar-refractivity contribution < 1.29 is 9.59 Å². The second-order valence-electron chi connectivity index (χ2n) is 4.40. The molecule has 0 spiro atoms. The summed E-state index contributed by atoms with van der Waals surface area (Å²) in [6.45, 7) is 1.84. The molecule has 0 aliphatic heterocycles. The van der Waals surface area contributed by atoms with Crippen molar-refractivity contribution in [3.8, 4) is 0 Å². The number of rotatable bonds is 2. The summed E-state index contributed by atoms with van der Waals surface area (Å²) < 4.78 is 0.497. The molecule has 0 radical (unpaired) electrons. The molecule has 0 aliphatic carbocycles. The number of benzene rings is 1. The Bertz CT molecular complexity index is 272. The third-order valence-electron chi connectivity index (χ3n) is 2.63. The number of quaternary nitrogens is 1. The average Bonchev–Trinajstić information content (AvgIpc) is 2.04. The maximum absolute atomic E-state index is 10.3. The number of hydrogen-bond donors (Lipinski definition) is 1. The molecule has 0 aliphatic rings. The first-order valence-corrected chi connectivity index (χ1v) is 4.45. The molecule has 13 heavy (non-hydrogen) atoms. The summed E-state index contributed by atoms with van der Waals surface area (Å²) >= 11 is 0. The number of aliphatic hydroxyl groups is 1. The summed E-state index contributed by atoms with van der Waals surface area (Å²) in [5.41, 5.74) is 0.115. The Kier molecular flexibility index (Phi) is 2.46. The highest BCUT2D eigenvalue weighted by Gasteiger charge is 2.37. The fraction of sp³-hybridized carbons (Fsp3) is 0.455. The number of nitrogens with zero attached hydrogens (tertiary/aromatic N) is 1. The molecule has 0 saturated heterocycles. The summed E-state index contributed by atoms with van der Waals surface area (Å²) in [5.74, 6) is 0. The van der Waals surface area contributed by atoms with Crippen LogP contribution < -0.4 is 0 Å². The van der Waals surface area contributed by atoms with Gasteiger partial charge in [0.25, 0.3) is 0 Å². The molecular formula is C11H18NO+. The van der Waals surface area contributed by atoms with E-state index in [2.05, 4.69) is 0 Å². The van der Waals surface area contributed by atoms with Crippen molar-refractivity contribution in [2.24, 2.45) is 0 Å². The fourth-order valence-corrected chi connectivity index (χ4v) is 1.14. The minimum atomic E-state index is -0.832. The SMILES string of the molecule is CC(O)(c1ccccc1)[N+](C)(C)C. The Hall–Kier alpha value is -0.860. The molecule has 2 nitrogen and oxygen atoms in total. The lowest BCUT2D eigenvalue weighted by Crippen LogP contribution is -2.52. The summed E-state index contributed by atoms with van der Waals surface area (Å²) in [5, 5.41) is 10.3. The van der Waals surface area contributed by atoms with Crippen molar-refractivity contribution in [2.45, 2.75) is 12.6 Å². The maximum Gasteiger partial charge on any atom is 0.224 e. The minimum Gasteiger partial charge on any atom is -0.339 e. The van der Waals surface area contributed by atoms with E-state index < -0.39 is 5.72 Å². The summed E-state index contributed by atoms with van der Waals surface area (Å²) in [6, 6.07) is 9.74. The first kappa shape index (κ1) is 10.2. The van der Waals surface area contributed by atoms with Gasteiger partial charge in [-0.25, -0.2) is 0 Å². The molecule has 2 heteroatoms. The molecule has 0 amide bonds. The van der Waals surface area contributed by atoms with Crippen LogP contribution in [-0.4, -0.2) is 30.7 Å². The van der Waals surface area contributed by atoms with E-state index in [0.29, 0.717) is 4.48 Å².